The molecule has 1 aromatic rings. The molecule has 1 aromatic carbocycles. The highest BCUT2D eigenvalue weighted by atomic mass is 35.5. The Kier molecular flexibility index (Phi) is 4.59. The van der Waals surface area contributed by atoms with Crippen LogP contribution in [0.3, 0.4) is 0 Å². The van der Waals surface area contributed by atoms with E-state index in [0.29, 0.717) is 17.1 Å². The smallest absolute Gasteiger partial charge is 0.269 e. The van der Waals surface area contributed by atoms with Gasteiger partial charge in [0.1, 0.15) is 0 Å². The van der Waals surface area contributed by atoms with Gasteiger partial charge < -0.3 is 0 Å². The summed E-state index contributed by atoms with van der Waals surface area (Å²) in [7, 11) is 0. The number of amides is 1. The van der Waals surface area contributed by atoms with Crippen molar-refractivity contribution in [3.05, 3.63) is 34.9 Å². The summed E-state index contributed by atoms with van der Waals surface area (Å²) in [5, 5.41) is 1.65. The molecule has 82 valence electrons. The van der Waals surface area contributed by atoms with Gasteiger partial charge in [0.05, 0.1) is 10.6 Å². The van der Waals surface area contributed by atoms with Crippen LogP contribution < -0.4 is 5.84 Å². The molecule has 0 bridgehead atoms. The second-order valence-corrected chi connectivity index (χ2v) is 3.74. The van der Waals surface area contributed by atoms with Crippen LogP contribution in [-0.2, 0) is 0 Å². The number of nitrogens with zero attached hydrogens (tertiary/aromatic N) is 1. The number of halogens is 1. The summed E-state index contributed by atoms with van der Waals surface area (Å²) in [6, 6.07) is 6.91. The normalized spacial score (nSPS) is 10.1. The number of carbonyl (C=O) groups excluding carboxylic acids is 1. The van der Waals surface area contributed by atoms with Gasteiger partial charge >= 0.3 is 0 Å². The van der Waals surface area contributed by atoms with E-state index in [0.717, 1.165) is 12.8 Å². The molecule has 0 fully saturated rings. The van der Waals surface area contributed by atoms with E-state index in [1.54, 1.807) is 24.3 Å². The summed E-state index contributed by atoms with van der Waals surface area (Å²) >= 11 is 5.89. The summed E-state index contributed by atoms with van der Waals surface area (Å²) in [4.78, 5) is 11.8. The lowest BCUT2D eigenvalue weighted by molar-refractivity contribution is 0.0753. The van der Waals surface area contributed by atoms with Gasteiger partial charge in [-0.3, -0.25) is 9.80 Å². The topological polar surface area (TPSA) is 46.3 Å². The Morgan fingerprint density at radius 2 is 2.13 bits per heavy atom. The highest BCUT2D eigenvalue weighted by molar-refractivity contribution is 6.33. The Morgan fingerprint density at radius 3 is 2.73 bits per heavy atom. The first-order valence-electron chi connectivity index (χ1n) is 4.98. The highest BCUT2D eigenvalue weighted by Crippen LogP contribution is 2.16. The van der Waals surface area contributed by atoms with Crippen LogP contribution in [0.25, 0.3) is 0 Å². The van der Waals surface area contributed by atoms with Crippen molar-refractivity contribution in [2.45, 2.75) is 19.8 Å². The largest absolute Gasteiger partial charge is 0.277 e. The molecule has 0 radical (unpaired) electrons. The third-order valence-electron chi connectivity index (χ3n) is 2.12. The molecule has 0 saturated carbocycles. The fraction of sp³-hybridized carbons (Fsp3) is 0.364. The van der Waals surface area contributed by atoms with E-state index in [-0.39, 0.29) is 5.91 Å². The molecule has 0 aromatic heterocycles. The average Bonchev–Trinajstić information content (AvgIpc) is 2.25. The van der Waals surface area contributed by atoms with Crippen molar-refractivity contribution in [1.29, 1.82) is 0 Å². The second kappa shape index (κ2) is 5.73. The molecule has 0 saturated heterocycles. The molecule has 3 nitrogen and oxygen atoms in total. The van der Waals surface area contributed by atoms with Gasteiger partial charge in [-0.2, -0.15) is 0 Å². The van der Waals surface area contributed by atoms with Crippen molar-refractivity contribution < 1.29 is 4.79 Å². The first kappa shape index (κ1) is 12.0. The zero-order valence-electron chi connectivity index (χ0n) is 8.74. The molecule has 0 aliphatic heterocycles. The van der Waals surface area contributed by atoms with Crippen LogP contribution in [0, 0.1) is 0 Å². The van der Waals surface area contributed by atoms with Gasteiger partial charge in [-0.15, -0.1) is 0 Å². The van der Waals surface area contributed by atoms with Crippen LogP contribution in [0.4, 0.5) is 0 Å². The lowest BCUT2D eigenvalue weighted by atomic mass is 10.2. The van der Waals surface area contributed by atoms with Crippen LogP contribution in [0.1, 0.15) is 30.1 Å². The summed E-state index contributed by atoms with van der Waals surface area (Å²) in [5.41, 5.74) is 0.456. The molecule has 0 spiro atoms. The number of hydrogen-bond donors (Lipinski definition) is 1. The number of hydrogen-bond acceptors (Lipinski definition) is 2. The molecule has 0 heterocycles. The number of nitrogens with two attached hydrogens (primary N) is 1. The van der Waals surface area contributed by atoms with Crippen LogP contribution in [0.2, 0.25) is 5.02 Å². The predicted octanol–water partition coefficient (Wildman–Crippen LogP) is 2.46. The van der Waals surface area contributed by atoms with Gasteiger partial charge in [-0.05, 0) is 18.6 Å². The summed E-state index contributed by atoms with van der Waals surface area (Å²) < 4.78 is 0. The number of hydrazine groups is 1. The van der Waals surface area contributed by atoms with Crippen molar-refractivity contribution in [3.63, 3.8) is 0 Å². The Bertz CT molecular complexity index is 341. The maximum atomic E-state index is 11.8. The van der Waals surface area contributed by atoms with E-state index in [2.05, 4.69) is 0 Å². The number of carbonyl (C=O) groups is 1. The molecule has 0 atom stereocenters. The summed E-state index contributed by atoms with van der Waals surface area (Å²) in [6.07, 6.45) is 1.90. The Morgan fingerprint density at radius 1 is 1.47 bits per heavy atom. The molecule has 0 aliphatic carbocycles. The maximum absolute atomic E-state index is 11.8. The molecule has 0 unspecified atom stereocenters. The first-order chi connectivity index (χ1) is 7.16. The first-order valence-corrected chi connectivity index (χ1v) is 5.35. The lowest BCUT2D eigenvalue weighted by Crippen LogP contribution is -2.38. The zero-order chi connectivity index (χ0) is 11.3. The van der Waals surface area contributed by atoms with Gasteiger partial charge in [-0.1, -0.05) is 37.1 Å². The van der Waals surface area contributed by atoms with Crippen molar-refractivity contribution in [2.75, 3.05) is 6.54 Å². The number of rotatable bonds is 4. The Labute approximate surface area is 94.8 Å². The van der Waals surface area contributed by atoms with Crippen LogP contribution in [0.5, 0.6) is 0 Å². The molecule has 1 amide bonds. The minimum absolute atomic E-state index is 0.228. The highest BCUT2D eigenvalue weighted by Gasteiger charge is 2.14. The summed E-state index contributed by atoms with van der Waals surface area (Å²) in [5.74, 6) is 5.40. The molecule has 15 heavy (non-hydrogen) atoms. The fourth-order valence-electron chi connectivity index (χ4n) is 1.22. The van der Waals surface area contributed by atoms with Crippen LogP contribution in [0.15, 0.2) is 24.3 Å². The van der Waals surface area contributed by atoms with Gasteiger partial charge in [0.25, 0.3) is 5.91 Å². The third-order valence-corrected chi connectivity index (χ3v) is 2.45. The van der Waals surface area contributed by atoms with Crippen molar-refractivity contribution in [1.82, 2.24) is 5.01 Å². The van der Waals surface area contributed by atoms with E-state index in [1.165, 1.54) is 5.01 Å². The molecule has 4 heteroatoms. The molecule has 1 rings (SSSR count). The van der Waals surface area contributed by atoms with Gasteiger partial charge in [-0.25, -0.2) is 5.84 Å². The molecule has 0 aliphatic rings. The van der Waals surface area contributed by atoms with Gasteiger partial charge in [0, 0.05) is 6.54 Å². The minimum atomic E-state index is -0.228. The predicted molar refractivity (Wildman–Crippen MR) is 61.6 cm³/mol. The minimum Gasteiger partial charge on any atom is -0.277 e. The molecular formula is C11H15ClN2O. The van der Waals surface area contributed by atoms with E-state index in [4.69, 9.17) is 17.4 Å². The Hall–Kier alpha value is -1.06. The van der Waals surface area contributed by atoms with Crippen molar-refractivity contribution in [2.24, 2.45) is 5.84 Å². The van der Waals surface area contributed by atoms with Crippen molar-refractivity contribution >= 4 is 17.5 Å². The second-order valence-electron chi connectivity index (χ2n) is 3.33. The summed E-state index contributed by atoms with van der Waals surface area (Å²) in [6.45, 7) is 2.61. The van der Waals surface area contributed by atoms with E-state index >= 15 is 0 Å². The van der Waals surface area contributed by atoms with Crippen LogP contribution in [-0.4, -0.2) is 17.5 Å². The van der Waals surface area contributed by atoms with E-state index in [9.17, 15) is 4.79 Å². The zero-order valence-corrected chi connectivity index (χ0v) is 9.50. The molecular weight excluding hydrogens is 212 g/mol. The third kappa shape index (κ3) is 3.22. The van der Waals surface area contributed by atoms with Crippen LogP contribution >= 0.6 is 11.6 Å². The quantitative estimate of drug-likeness (QED) is 0.487. The van der Waals surface area contributed by atoms with Crippen molar-refractivity contribution in [3.8, 4) is 0 Å². The van der Waals surface area contributed by atoms with Gasteiger partial charge in [0.15, 0.2) is 0 Å². The number of benzene rings is 1. The fourth-order valence-corrected chi connectivity index (χ4v) is 1.44. The number of unbranched alkanes of at least 4 members (excludes halogenated alkanes) is 1. The van der Waals surface area contributed by atoms with Gasteiger partial charge in [0.2, 0.25) is 0 Å². The van der Waals surface area contributed by atoms with E-state index < -0.39 is 0 Å². The molecule has 2 N–H and O–H groups in total. The maximum Gasteiger partial charge on any atom is 0.269 e. The SMILES string of the molecule is CCCCN(N)C(=O)c1ccccc1Cl. The average molecular weight is 227 g/mol. The monoisotopic (exact) mass is 226 g/mol. The lowest BCUT2D eigenvalue weighted by Gasteiger charge is -2.16. The van der Waals surface area contributed by atoms with E-state index in [1.807, 2.05) is 6.92 Å². The standard InChI is InChI=1S/C11H15ClN2O/c1-2-3-8-14(13)11(15)9-6-4-5-7-10(9)12/h4-7H,2-3,8,13H2,1H3. The Balaban J connectivity index is 2.72.